The number of hydrogen-bond acceptors (Lipinski definition) is 1. The van der Waals surface area contributed by atoms with Gasteiger partial charge in [-0.15, -0.1) is 0 Å². The van der Waals surface area contributed by atoms with Gasteiger partial charge in [-0.3, -0.25) is 0 Å². The molecule has 0 radical (unpaired) electrons. The van der Waals surface area contributed by atoms with E-state index in [0.29, 0.717) is 0 Å². The van der Waals surface area contributed by atoms with Crippen molar-refractivity contribution in [1.29, 1.82) is 0 Å². The summed E-state index contributed by atoms with van der Waals surface area (Å²) in [5.41, 5.74) is 0. The molecule has 0 heterocycles. The molecule has 2 rings (SSSR count). The zero-order chi connectivity index (χ0) is 10.3. The molecule has 0 saturated heterocycles. The minimum atomic E-state index is 0.851. The molecule has 1 N–H and O–H groups in total. The summed E-state index contributed by atoms with van der Waals surface area (Å²) in [6.07, 6.45) is 16.1. The quantitative estimate of drug-likeness (QED) is 0.678. The van der Waals surface area contributed by atoms with Crippen LogP contribution in [0.3, 0.4) is 0 Å². The molecule has 1 heteroatoms. The van der Waals surface area contributed by atoms with Crippen LogP contribution < -0.4 is 5.32 Å². The molecule has 15 heavy (non-hydrogen) atoms. The van der Waals surface area contributed by atoms with Crippen LogP contribution in [-0.2, 0) is 0 Å². The summed E-state index contributed by atoms with van der Waals surface area (Å²) >= 11 is 0. The third kappa shape index (κ3) is 5.01. The highest BCUT2D eigenvalue weighted by Gasteiger charge is 2.20. The summed E-state index contributed by atoms with van der Waals surface area (Å²) in [5.74, 6) is 1.11. The molecule has 0 unspecified atom stereocenters. The average Bonchev–Trinajstić information content (AvgIpc) is 2.98. The Morgan fingerprint density at radius 3 is 2.13 bits per heavy atom. The molecule has 2 saturated carbocycles. The lowest BCUT2D eigenvalue weighted by Crippen LogP contribution is -2.30. The molecular formula is C14H27N. The summed E-state index contributed by atoms with van der Waals surface area (Å²) in [5, 5.41) is 3.77. The number of rotatable bonds is 5. The van der Waals surface area contributed by atoms with Crippen molar-refractivity contribution in [2.24, 2.45) is 5.92 Å². The van der Waals surface area contributed by atoms with Gasteiger partial charge < -0.3 is 5.32 Å². The van der Waals surface area contributed by atoms with Gasteiger partial charge in [-0.1, -0.05) is 44.9 Å². The van der Waals surface area contributed by atoms with E-state index in [2.05, 4.69) is 5.32 Å². The lowest BCUT2D eigenvalue weighted by molar-refractivity contribution is 0.385. The molecule has 0 aromatic heterocycles. The van der Waals surface area contributed by atoms with Crippen LogP contribution in [0.2, 0.25) is 0 Å². The van der Waals surface area contributed by atoms with E-state index in [1.165, 1.54) is 77.2 Å². The standard InChI is InChI=1S/C14H27N/c1-2-4-8-14(9-5-3-1)15-12-6-7-13-10-11-13/h13-15H,1-12H2. The van der Waals surface area contributed by atoms with Crippen LogP contribution in [0.5, 0.6) is 0 Å². The van der Waals surface area contributed by atoms with Crippen LogP contribution in [0.15, 0.2) is 0 Å². The van der Waals surface area contributed by atoms with Crippen molar-refractivity contribution in [2.45, 2.75) is 76.7 Å². The fourth-order valence-electron chi connectivity index (χ4n) is 2.76. The predicted octanol–water partition coefficient (Wildman–Crippen LogP) is 3.88. The van der Waals surface area contributed by atoms with E-state index in [1.54, 1.807) is 0 Å². The molecule has 0 aromatic rings. The van der Waals surface area contributed by atoms with E-state index >= 15 is 0 Å². The highest BCUT2D eigenvalue weighted by molar-refractivity contribution is 4.74. The molecule has 2 aliphatic rings. The van der Waals surface area contributed by atoms with Crippen molar-refractivity contribution >= 4 is 0 Å². The summed E-state index contributed by atoms with van der Waals surface area (Å²) in [6, 6.07) is 0.851. The third-order valence-electron chi connectivity index (χ3n) is 4.02. The van der Waals surface area contributed by atoms with Crippen LogP contribution in [0, 0.1) is 5.92 Å². The fraction of sp³-hybridized carbons (Fsp3) is 1.00. The molecule has 2 fully saturated rings. The molecule has 2 aliphatic carbocycles. The number of nitrogens with one attached hydrogen (secondary N) is 1. The number of hydrogen-bond donors (Lipinski definition) is 1. The van der Waals surface area contributed by atoms with E-state index in [4.69, 9.17) is 0 Å². The van der Waals surface area contributed by atoms with Crippen molar-refractivity contribution in [2.75, 3.05) is 6.54 Å². The van der Waals surface area contributed by atoms with Gasteiger partial charge in [-0.25, -0.2) is 0 Å². The molecule has 0 aromatic carbocycles. The van der Waals surface area contributed by atoms with Crippen LogP contribution in [0.1, 0.15) is 70.6 Å². The monoisotopic (exact) mass is 209 g/mol. The minimum absolute atomic E-state index is 0.851. The maximum Gasteiger partial charge on any atom is 0.00670 e. The van der Waals surface area contributed by atoms with Gasteiger partial charge in [-0.05, 0) is 38.1 Å². The first-order chi connectivity index (χ1) is 7.45. The van der Waals surface area contributed by atoms with E-state index in [-0.39, 0.29) is 0 Å². The Balaban J connectivity index is 1.50. The fourth-order valence-corrected chi connectivity index (χ4v) is 2.76. The zero-order valence-corrected chi connectivity index (χ0v) is 10.1. The molecule has 0 atom stereocenters. The summed E-state index contributed by atoms with van der Waals surface area (Å²) < 4.78 is 0. The molecule has 88 valence electrons. The highest BCUT2D eigenvalue weighted by Crippen LogP contribution is 2.33. The van der Waals surface area contributed by atoms with Crippen molar-refractivity contribution in [3.63, 3.8) is 0 Å². The van der Waals surface area contributed by atoms with E-state index in [0.717, 1.165) is 12.0 Å². The van der Waals surface area contributed by atoms with Crippen LogP contribution in [0.25, 0.3) is 0 Å². The zero-order valence-electron chi connectivity index (χ0n) is 10.1. The Kier molecular flexibility index (Phi) is 4.98. The minimum Gasteiger partial charge on any atom is -0.314 e. The molecule has 0 spiro atoms. The first-order valence-electron chi connectivity index (χ1n) is 7.18. The van der Waals surface area contributed by atoms with Crippen molar-refractivity contribution in [3.05, 3.63) is 0 Å². The van der Waals surface area contributed by atoms with Gasteiger partial charge in [-0.2, -0.15) is 0 Å². The van der Waals surface area contributed by atoms with Gasteiger partial charge in [0.15, 0.2) is 0 Å². The summed E-state index contributed by atoms with van der Waals surface area (Å²) in [7, 11) is 0. The first kappa shape index (κ1) is 11.4. The van der Waals surface area contributed by atoms with Crippen LogP contribution in [-0.4, -0.2) is 12.6 Å². The molecular weight excluding hydrogens is 182 g/mol. The third-order valence-corrected chi connectivity index (χ3v) is 4.02. The SMILES string of the molecule is C1CCCC(NCCCC2CC2)CCC1. The molecule has 1 nitrogen and oxygen atoms in total. The largest absolute Gasteiger partial charge is 0.314 e. The van der Waals surface area contributed by atoms with Crippen LogP contribution in [0.4, 0.5) is 0 Å². The van der Waals surface area contributed by atoms with Gasteiger partial charge in [0.25, 0.3) is 0 Å². The van der Waals surface area contributed by atoms with E-state index in [9.17, 15) is 0 Å². The Bertz CT molecular complexity index is 155. The normalized spacial score (nSPS) is 24.8. The van der Waals surface area contributed by atoms with Gasteiger partial charge in [0, 0.05) is 6.04 Å². The molecule has 0 aliphatic heterocycles. The summed E-state index contributed by atoms with van der Waals surface area (Å²) in [6.45, 7) is 1.28. The van der Waals surface area contributed by atoms with E-state index < -0.39 is 0 Å². The maximum atomic E-state index is 3.77. The van der Waals surface area contributed by atoms with Gasteiger partial charge in [0.05, 0.1) is 0 Å². The lowest BCUT2D eigenvalue weighted by atomic mass is 9.96. The maximum absolute atomic E-state index is 3.77. The Labute approximate surface area is 95.0 Å². The predicted molar refractivity (Wildman–Crippen MR) is 66.1 cm³/mol. The van der Waals surface area contributed by atoms with Crippen molar-refractivity contribution in [3.8, 4) is 0 Å². The Morgan fingerprint density at radius 1 is 0.800 bits per heavy atom. The van der Waals surface area contributed by atoms with Crippen molar-refractivity contribution in [1.82, 2.24) is 5.32 Å². The second-order valence-corrected chi connectivity index (χ2v) is 5.58. The van der Waals surface area contributed by atoms with Gasteiger partial charge in [0.2, 0.25) is 0 Å². The van der Waals surface area contributed by atoms with Crippen molar-refractivity contribution < 1.29 is 0 Å². The van der Waals surface area contributed by atoms with Crippen LogP contribution >= 0.6 is 0 Å². The smallest absolute Gasteiger partial charge is 0.00670 e. The Morgan fingerprint density at radius 2 is 1.47 bits per heavy atom. The molecule has 0 bridgehead atoms. The lowest BCUT2D eigenvalue weighted by Gasteiger charge is -2.21. The Hall–Kier alpha value is -0.0400. The van der Waals surface area contributed by atoms with E-state index in [1.807, 2.05) is 0 Å². The van der Waals surface area contributed by atoms with Gasteiger partial charge in [0.1, 0.15) is 0 Å². The topological polar surface area (TPSA) is 12.0 Å². The average molecular weight is 209 g/mol. The summed E-state index contributed by atoms with van der Waals surface area (Å²) in [4.78, 5) is 0. The second kappa shape index (κ2) is 6.52. The highest BCUT2D eigenvalue weighted by atomic mass is 14.9. The van der Waals surface area contributed by atoms with Gasteiger partial charge >= 0.3 is 0 Å². The second-order valence-electron chi connectivity index (χ2n) is 5.58. The molecule has 0 amide bonds. The first-order valence-corrected chi connectivity index (χ1v) is 7.18.